The van der Waals surface area contributed by atoms with Gasteiger partial charge in [-0.1, -0.05) is 0 Å². The third-order valence-corrected chi connectivity index (χ3v) is 3.63. The van der Waals surface area contributed by atoms with Gasteiger partial charge in [0.2, 0.25) is 0 Å². The van der Waals surface area contributed by atoms with E-state index >= 15 is 0 Å². The molecule has 3 aromatic heterocycles. The van der Waals surface area contributed by atoms with Gasteiger partial charge in [0.1, 0.15) is 17.8 Å². The summed E-state index contributed by atoms with van der Waals surface area (Å²) in [6.07, 6.45) is 1.46. The van der Waals surface area contributed by atoms with Crippen molar-refractivity contribution in [1.82, 2.24) is 19.7 Å². The Morgan fingerprint density at radius 1 is 1.29 bits per heavy atom. The number of nitrogens with zero attached hydrogens (tertiary/aromatic N) is 4. The first-order valence-electron chi connectivity index (χ1n) is 5.17. The average Bonchev–Trinajstić information content (AvgIpc) is 2.85. The Labute approximate surface area is 102 Å². The van der Waals surface area contributed by atoms with Crippen LogP contribution in [0.5, 0.6) is 0 Å². The van der Waals surface area contributed by atoms with Crippen molar-refractivity contribution in [2.24, 2.45) is 7.05 Å². The van der Waals surface area contributed by atoms with Gasteiger partial charge in [-0.3, -0.25) is 0 Å². The van der Waals surface area contributed by atoms with Gasteiger partial charge in [0.25, 0.3) is 0 Å². The van der Waals surface area contributed by atoms with Crippen molar-refractivity contribution in [2.75, 3.05) is 5.73 Å². The minimum atomic E-state index is 0.476. The molecule has 86 valence electrons. The molecule has 2 N–H and O–H groups in total. The number of hydrogen-bond acceptors (Lipinski definition) is 5. The van der Waals surface area contributed by atoms with Gasteiger partial charge in [-0.05, 0) is 19.1 Å². The topological polar surface area (TPSA) is 69.6 Å². The lowest BCUT2D eigenvalue weighted by atomic mass is 10.2. The molecule has 6 heteroatoms. The highest BCUT2D eigenvalue weighted by molar-refractivity contribution is 7.15. The molecule has 3 aromatic rings. The standard InChI is InChI=1S/C11H11N5S/c1-6-3-4-7(17-6)9-8-10(12)13-5-14-11(8)16(2)15-9/h3-5H,1-2H3,(H2,12,13,14). The summed E-state index contributed by atoms with van der Waals surface area (Å²) < 4.78 is 1.73. The van der Waals surface area contributed by atoms with Gasteiger partial charge in [0, 0.05) is 11.9 Å². The molecule has 0 aliphatic carbocycles. The second-order valence-corrected chi connectivity index (χ2v) is 5.13. The molecule has 5 nitrogen and oxygen atoms in total. The number of rotatable bonds is 1. The number of aryl methyl sites for hydroxylation is 2. The fraction of sp³-hybridized carbons (Fsp3) is 0.182. The molecule has 3 rings (SSSR count). The van der Waals surface area contributed by atoms with Gasteiger partial charge in [0.05, 0.1) is 10.3 Å². The summed E-state index contributed by atoms with van der Waals surface area (Å²) in [5, 5.41) is 5.31. The van der Waals surface area contributed by atoms with Crippen molar-refractivity contribution in [3.05, 3.63) is 23.3 Å². The van der Waals surface area contributed by atoms with Crippen LogP contribution in [-0.4, -0.2) is 19.7 Å². The highest BCUT2D eigenvalue weighted by atomic mass is 32.1. The molecule has 0 saturated carbocycles. The van der Waals surface area contributed by atoms with E-state index in [1.165, 1.54) is 11.2 Å². The zero-order chi connectivity index (χ0) is 12.0. The van der Waals surface area contributed by atoms with Gasteiger partial charge in [-0.15, -0.1) is 11.3 Å². The van der Waals surface area contributed by atoms with Crippen LogP contribution >= 0.6 is 11.3 Å². The summed E-state index contributed by atoms with van der Waals surface area (Å²) in [6, 6.07) is 4.12. The Balaban J connectivity index is 2.37. The molecule has 0 radical (unpaired) electrons. The number of nitrogens with two attached hydrogens (primary N) is 1. The van der Waals surface area contributed by atoms with Crippen molar-refractivity contribution >= 4 is 28.2 Å². The SMILES string of the molecule is Cc1ccc(-c2nn(C)c3ncnc(N)c23)s1. The lowest BCUT2D eigenvalue weighted by Crippen LogP contribution is -1.95. The Bertz CT molecular complexity index is 697. The van der Waals surface area contributed by atoms with Crippen molar-refractivity contribution in [3.8, 4) is 10.6 Å². The second-order valence-electron chi connectivity index (χ2n) is 3.84. The van der Waals surface area contributed by atoms with Crippen molar-refractivity contribution in [1.29, 1.82) is 0 Å². The zero-order valence-corrected chi connectivity index (χ0v) is 10.3. The summed E-state index contributed by atoms with van der Waals surface area (Å²) >= 11 is 1.69. The first kappa shape index (κ1) is 10.2. The van der Waals surface area contributed by atoms with Gasteiger partial charge < -0.3 is 5.73 Å². The first-order chi connectivity index (χ1) is 8.16. The van der Waals surface area contributed by atoms with Crippen molar-refractivity contribution < 1.29 is 0 Å². The summed E-state index contributed by atoms with van der Waals surface area (Å²) in [5.74, 6) is 0.476. The van der Waals surface area contributed by atoms with E-state index in [0.29, 0.717) is 5.82 Å². The molecule has 0 amide bonds. The highest BCUT2D eigenvalue weighted by Crippen LogP contribution is 2.33. The molecule has 0 saturated heterocycles. The highest BCUT2D eigenvalue weighted by Gasteiger charge is 2.16. The maximum Gasteiger partial charge on any atom is 0.163 e. The van der Waals surface area contributed by atoms with E-state index in [1.807, 2.05) is 13.1 Å². The Morgan fingerprint density at radius 2 is 2.12 bits per heavy atom. The quantitative estimate of drug-likeness (QED) is 0.711. The number of anilines is 1. The minimum absolute atomic E-state index is 0.476. The third-order valence-electron chi connectivity index (χ3n) is 2.62. The zero-order valence-electron chi connectivity index (χ0n) is 9.51. The fourth-order valence-corrected chi connectivity index (χ4v) is 2.70. The Hall–Kier alpha value is -1.95. The van der Waals surface area contributed by atoms with Crippen LogP contribution in [0.15, 0.2) is 18.5 Å². The van der Waals surface area contributed by atoms with Crippen LogP contribution in [0.25, 0.3) is 21.6 Å². The second kappa shape index (κ2) is 3.53. The predicted molar refractivity (Wildman–Crippen MR) is 68.8 cm³/mol. The van der Waals surface area contributed by atoms with Crippen LogP contribution < -0.4 is 5.73 Å². The Kier molecular flexibility index (Phi) is 2.12. The lowest BCUT2D eigenvalue weighted by Gasteiger charge is -1.95. The normalized spacial score (nSPS) is 11.2. The molecule has 0 fully saturated rings. The molecule has 0 aromatic carbocycles. The van der Waals surface area contributed by atoms with Crippen molar-refractivity contribution in [2.45, 2.75) is 6.92 Å². The molecule has 0 spiro atoms. The van der Waals surface area contributed by atoms with E-state index in [2.05, 4.69) is 28.1 Å². The van der Waals surface area contributed by atoms with E-state index in [1.54, 1.807) is 16.0 Å². The predicted octanol–water partition coefficient (Wildman–Crippen LogP) is 1.98. The largest absolute Gasteiger partial charge is 0.383 e. The number of thiophene rings is 1. The molecule has 0 aliphatic heterocycles. The molecule has 17 heavy (non-hydrogen) atoms. The average molecular weight is 245 g/mol. The molecule has 0 atom stereocenters. The van der Waals surface area contributed by atoms with Crippen LogP contribution in [0, 0.1) is 6.92 Å². The van der Waals surface area contributed by atoms with Crippen LogP contribution in [0.3, 0.4) is 0 Å². The molecular formula is C11H11N5S. The smallest absolute Gasteiger partial charge is 0.163 e. The van der Waals surface area contributed by atoms with Gasteiger partial charge in [0.15, 0.2) is 5.65 Å². The van der Waals surface area contributed by atoms with Crippen LogP contribution in [-0.2, 0) is 7.05 Å². The third kappa shape index (κ3) is 1.49. The van der Waals surface area contributed by atoms with E-state index < -0.39 is 0 Å². The van der Waals surface area contributed by atoms with E-state index in [4.69, 9.17) is 5.73 Å². The summed E-state index contributed by atoms with van der Waals surface area (Å²) in [6.45, 7) is 2.07. The van der Waals surface area contributed by atoms with Crippen LogP contribution in [0.4, 0.5) is 5.82 Å². The van der Waals surface area contributed by atoms with Gasteiger partial charge in [-0.25, -0.2) is 14.6 Å². The molecule has 0 bridgehead atoms. The summed E-state index contributed by atoms with van der Waals surface area (Å²) in [4.78, 5) is 10.6. The first-order valence-corrected chi connectivity index (χ1v) is 5.98. The Morgan fingerprint density at radius 3 is 2.82 bits per heavy atom. The van der Waals surface area contributed by atoms with E-state index in [-0.39, 0.29) is 0 Å². The maximum absolute atomic E-state index is 5.91. The van der Waals surface area contributed by atoms with Crippen LogP contribution in [0.1, 0.15) is 4.88 Å². The van der Waals surface area contributed by atoms with E-state index in [0.717, 1.165) is 21.6 Å². The molecular weight excluding hydrogens is 234 g/mol. The summed E-state index contributed by atoms with van der Waals surface area (Å²) in [5.41, 5.74) is 7.54. The lowest BCUT2D eigenvalue weighted by molar-refractivity contribution is 0.789. The number of fused-ring (bicyclic) bond motifs is 1. The molecule has 0 aliphatic rings. The summed E-state index contributed by atoms with van der Waals surface area (Å²) in [7, 11) is 1.86. The molecule has 3 heterocycles. The maximum atomic E-state index is 5.91. The van der Waals surface area contributed by atoms with Crippen molar-refractivity contribution in [3.63, 3.8) is 0 Å². The van der Waals surface area contributed by atoms with Crippen LogP contribution in [0.2, 0.25) is 0 Å². The van der Waals surface area contributed by atoms with Gasteiger partial charge in [-0.2, -0.15) is 5.10 Å². The monoisotopic (exact) mass is 245 g/mol. The molecule has 0 unspecified atom stereocenters. The number of nitrogen functional groups attached to an aromatic ring is 1. The van der Waals surface area contributed by atoms with E-state index in [9.17, 15) is 0 Å². The number of aromatic nitrogens is 4. The van der Waals surface area contributed by atoms with Gasteiger partial charge >= 0.3 is 0 Å². The number of hydrogen-bond donors (Lipinski definition) is 1. The minimum Gasteiger partial charge on any atom is -0.383 e. The fourth-order valence-electron chi connectivity index (χ4n) is 1.84.